The van der Waals surface area contributed by atoms with Gasteiger partial charge in [-0.2, -0.15) is 0 Å². The smallest absolute Gasteiger partial charge is 0.331 e. The lowest BCUT2D eigenvalue weighted by atomic mass is 9.94. The van der Waals surface area contributed by atoms with Crippen LogP contribution in [0.3, 0.4) is 0 Å². The van der Waals surface area contributed by atoms with Crippen LogP contribution in [0.4, 0.5) is 0 Å². The van der Waals surface area contributed by atoms with Gasteiger partial charge in [0.15, 0.2) is 0 Å². The number of hydrogen-bond donors (Lipinski definition) is 1. The summed E-state index contributed by atoms with van der Waals surface area (Å²) in [4.78, 5) is 11.0. The lowest BCUT2D eigenvalue weighted by Crippen LogP contribution is -2.06. The van der Waals surface area contributed by atoms with E-state index >= 15 is 0 Å². The molecule has 0 aliphatic heterocycles. The first-order chi connectivity index (χ1) is 10.0. The summed E-state index contributed by atoms with van der Waals surface area (Å²) >= 11 is 6.58. The van der Waals surface area contributed by atoms with Crippen molar-refractivity contribution in [2.24, 2.45) is 7.05 Å². The predicted octanol–water partition coefficient (Wildman–Crippen LogP) is 4.11. The molecule has 1 heterocycles. The number of rotatable bonds is 2. The van der Waals surface area contributed by atoms with Gasteiger partial charge in [0.25, 0.3) is 0 Å². The van der Waals surface area contributed by atoms with Gasteiger partial charge in [0.2, 0.25) is 0 Å². The van der Waals surface area contributed by atoms with Crippen LogP contribution in [0, 0.1) is 0 Å². The Bertz CT molecular complexity index is 812. The lowest BCUT2D eigenvalue weighted by molar-refractivity contribution is -0.132. The fraction of sp³-hybridized carbons (Fsp3) is 0.235. The number of carboxylic acid groups (broad SMARTS) is 1. The average molecular weight is 302 g/mol. The molecule has 1 aromatic carbocycles. The zero-order valence-electron chi connectivity index (χ0n) is 12.0. The van der Waals surface area contributed by atoms with Crippen molar-refractivity contribution in [3.63, 3.8) is 0 Å². The molecule has 0 bridgehead atoms. The Balaban J connectivity index is 2.24. The van der Waals surface area contributed by atoms with E-state index in [2.05, 4.69) is 23.7 Å². The van der Waals surface area contributed by atoms with Crippen molar-refractivity contribution in [3.8, 4) is 0 Å². The van der Waals surface area contributed by atoms with E-state index in [-0.39, 0.29) is 0 Å². The largest absolute Gasteiger partial charge is 0.478 e. The minimum atomic E-state index is -0.907. The number of benzene rings is 1. The Morgan fingerprint density at radius 3 is 2.76 bits per heavy atom. The van der Waals surface area contributed by atoms with Crippen LogP contribution >= 0.6 is 11.6 Å². The number of aryl methyl sites for hydroxylation is 1. The molecule has 21 heavy (non-hydrogen) atoms. The minimum absolute atomic E-state index is 0.312. The summed E-state index contributed by atoms with van der Waals surface area (Å²) in [5, 5.41) is 10.8. The number of allylic oxidation sites excluding steroid dienone is 2. The maximum Gasteiger partial charge on any atom is 0.331 e. The molecule has 0 atom stereocenters. The second-order valence-electron chi connectivity index (χ2n) is 5.37. The maximum absolute atomic E-state index is 11.0. The molecule has 2 aromatic rings. The van der Waals surface area contributed by atoms with Crippen LogP contribution in [0.5, 0.6) is 0 Å². The normalized spacial score (nSPS) is 15.5. The van der Waals surface area contributed by atoms with Gasteiger partial charge >= 0.3 is 5.97 Å². The quantitative estimate of drug-likeness (QED) is 0.848. The van der Waals surface area contributed by atoms with Crippen LogP contribution < -0.4 is 0 Å². The molecule has 0 spiro atoms. The molecule has 0 saturated carbocycles. The molecule has 3 rings (SSSR count). The number of carboxylic acids is 1. The zero-order chi connectivity index (χ0) is 15.1. The molecular weight excluding hydrogens is 286 g/mol. The average Bonchev–Trinajstić information content (AvgIpc) is 2.76. The van der Waals surface area contributed by atoms with Crippen LogP contribution in [0.1, 0.15) is 24.6 Å². The predicted molar refractivity (Wildman–Crippen MR) is 85.4 cm³/mol. The van der Waals surface area contributed by atoms with Gasteiger partial charge in [0.05, 0.1) is 5.03 Å². The van der Waals surface area contributed by atoms with Crippen molar-refractivity contribution >= 4 is 33.5 Å². The fourth-order valence-corrected chi connectivity index (χ4v) is 3.33. The van der Waals surface area contributed by atoms with E-state index in [0.717, 1.165) is 34.9 Å². The first kappa shape index (κ1) is 14.0. The van der Waals surface area contributed by atoms with Gasteiger partial charge in [0, 0.05) is 34.8 Å². The van der Waals surface area contributed by atoms with Crippen molar-refractivity contribution in [1.82, 2.24) is 4.57 Å². The highest BCUT2D eigenvalue weighted by Gasteiger charge is 2.23. The Labute approximate surface area is 128 Å². The summed E-state index contributed by atoms with van der Waals surface area (Å²) in [6.45, 7) is 1.60. The van der Waals surface area contributed by atoms with E-state index in [4.69, 9.17) is 16.7 Å². The van der Waals surface area contributed by atoms with E-state index in [1.54, 1.807) is 13.0 Å². The Kier molecular flexibility index (Phi) is 3.38. The number of halogens is 1. The van der Waals surface area contributed by atoms with E-state index < -0.39 is 5.97 Å². The summed E-state index contributed by atoms with van der Waals surface area (Å²) in [6.07, 6.45) is 3.32. The highest BCUT2D eigenvalue weighted by atomic mass is 35.5. The third kappa shape index (κ3) is 2.18. The minimum Gasteiger partial charge on any atom is -0.478 e. The fourth-order valence-electron chi connectivity index (χ4n) is 2.97. The molecule has 3 nitrogen and oxygen atoms in total. The standard InChI is InChI=1S/C17H16ClNO2/c1-10(17(20)21)9-11-7-8-14-15(16(11)18)12-5-3-4-6-13(12)19(14)2/h3-6,9H,7-8H2,1-2H3,(H,20,21)/b10-9+. The van der Waals surface area contributed by atoms with E-state index in [0.29, 0.717) is 10.6 Å². The highest BCUT2D eigenvalue weighted by Crippen LogP contribution is 2.40. The molecule has 1 aromatic heterocycles. The maximum atomic E-state index is 11.0. The van der Waals surface area contributed by atoms with E-state index in [9.17, 15) is 4.79 Å². The summed E-state index contributed by atoms with van der Waals surface area (Å²) in [7, 11) is 2.05. The summed E-state index contributed by atoms with van der Waals surface area (Å²) < 4.78 is 2.18. The molecule has 1 N–H and O–H groups in total. The van der Waals surface area contributed by atoms with Crippen LogP contribution in [0.2, 0.25) is 0 Å². The molecular formula is C17H16ClNO2. The molecule has 1 aliphatic carbocycles. The monoisotopic (exact) mass is 301 g/mol. The highest BCUT2D eigenvalue weighted by molar-refractivity contribution is 6.51. The molecule has 0 fully saturated rings. The number of hydrogen-bond acceptors (Lipinski definition) is 1. The van der Waals surface area contributed by atoms with Gasteiger partial charge in [-0.15, -0.1) is 0 Å². The third-order valence-corrected chi connectivity index (χ3v) is 4.52. The van der Waals surface area contributed by atoms with Crippen LogP contribution in [0.25, 0.3) is 15.9 Å². The third-order valence-electron chi connectivity index (χ3n) is 4.09. The van der Waals surface area contributed by atoms with Gasteiger partial charge in [-0.3, -0.25) is 0 Å². The molecule has 0 radical (unpaired) electrons. The van der Waals surface area contributed by atoms with E-state index in [1.165, 1.54) is 5.69 Å². The van der Waals surface area contributed by atoms with Crippen molar-refractivity contribution in [2.75, 3.05) is 0 Å². The van der Waals surface area contributed by atoms with Gasteiger partial charge in [-0.1, -0.05) is 29.8 Å². The van der Waals surface area contributed by atoms with Gasteiger partial charge in [0.1, 0.15) is 0 Å². The summed E-state index contributed by atoms with van der Waals surface area (Å²) in [5.41, 5.74) is 4.63. The van der Waals surface area contributed by atoms with Crippen LogP contribution in [-0.4, -0.2) is 15.6 Å². The van der Waals surface area contributed by atoms with Gasteiger partial charge in [-0.25, -0.2) is 4.79 Å². The number of carbonyl (C=O) groups is 1. The first-order valence-electron chi connectivity index (χ1n) is 6.87. The van der Waals surface area contributed by atoms with Crippen molar-refractivity contribution in [2.45, 2.75) is 19.8 Å². The molecule has 0 saturated heterocycles. The summed E-state index contributed by atoms with van der Waals surface area (Å²) in [5.74, 6) is -0.907. The molecule has 108 valence electrons. The summed E-state index contributed by atoms with van der Waals surface area (Å²) in [6, 6.07) is 8.16. The van der Waals surface area contributed by atoms with Gasteiger partial charge in [-0.05, 0) is 37.5 Å². The van der Waals surface area contributed by atoms with E-state index in [1.807, 2.05) is 12.1 Å². The van der Waals surface area contributed by atoms with Gasteiger partial charge < -0.3 is 9.67 Å². The second kappa shape index (κ2) is 5.08. The zero-order valence-corrected chi connectivity index (χ0v) is 12.7. The van der Waals surface area contributed by atoms with Crippen molar-refractivity contribution in [1.29, 1.82) is 0 Å². The Hall–Kier alpha value is -2.00. The number of aromatic nitrogens is 1. The first-order valence-corrected chi connectivity index (χ1v) is 7.25. The Morgan fingerprint density at radius 1 is 1.33 bits per heavy atom. The van der Waals surface area contributed by atoms with Crippen molar-refractivity contribution < 1.29 is 9.90 Å². The topological polar surface area (TPSA) is 42.2 Å². The molecule has 1 aliphatic rings. The number of nitrogens with zero attached hydrogens (tertiary/aromatic N) is 1. The molecule has 0 amide bonds. The number of fused-ring (bicyclic) bond motifs is 3. The molecule has 0 unspecified atom stereocenters. The second-order valence-corrected chi connectivity index (χ2v) is 5.75. The number of aliphatic carboxylic acids is 1. The van der Waals surface area contributed by atoms with Crippen LogP contribution in [0.15, 0.2) is 41.5 Å². The Morgan fingerprint density at radius 2 is 2.05 bits per heavy atom. The number of para-hydroxylation sites is 1. The van der Waals surface area contributed by atoms with Crippen LogP contribution in [-0.2, 0) is 18.3 Å². The van der Waals surface area contributed by atoms with Crippen molar-refractivity contribution in [3.05, 3.63) is 52.7 Å². The lowest BCUT2D eigenvalue weighted by Gasteiger charge is -2.16. The SMILES string of the molecule is C/C(=C\C1=C(Cl)c2c(n(C)c3ccccc23)CC1)C(=O)O. The molecule has 4 heteroatoms.